The fourth-order valence-corrected chi connectivity index (χ4v) is 1.82. The van der Waals surface area contributed by atoms with Crippen molar-refractivity contribution in [3.8, 4) is 0 Å². The highest BCUT2D eigenvalue weighted by atomic mass is 16.3. The molecule has 0 radical (unpaired) electrons. The molecular weight excluding hydrogens is 180 g/mol. The second-order valence-corrected chi connectivity index (χ2v) is 4.08. The number of amides is 2. The van der Waals surface area contributed by atoms with Gasteiger partial charge in [0.1, 0.15) is 0 Å². The van der Waals surface area contributed by atoms with Gasteiger partial charge in [-0.2, -0.15) is 0 Å². The molecule has 0 aromatic heterocycles. The van der Waals surface area contributed by atoms with Crippen LogP contribution in [0, 0.1) is 5.92 Å². The maximum absolute atomic E-state index is 11.6. The van der Waals surface area contributed by atoms with E-state index in [-0.39, 0.29) is 18.2 Å². The molecule has 0 aromatic carbocycles. The molecule has 2 aliphatic rings. The summed E-state index contributed by atoms with van der Waals surface area (Å²) >= 11 is 0. The van der Waals surface area contributed by atoms with Crippen molar-refractivity contribution in [3.05, 3.63) is 12.7 Å². The van der Waals surface area contributed by atoms with Gasteiger partial charge in [0.25, 0.3) is 0 Å². The molecule has 1 saturated carbocycles. The first-order chi connectivity index (χ1) is 6.70. The van der Waals surface area contributed by atoms with Crippen LogP contribution in [0.1, 0.15) is 12.8 Å². The predicted octanol–water partition coefficient (Wildman–Crippen LogP) is 0.337. The van der Waals surface area contributed by atoms with Gasteiger partial charge >= 0.3 is 6.03 Å². The van der Waals surface area contributed by atoms with Gasteiger partial charge in [-0.3, -0.25) is 0 Å². The molecule has 0 aromatic rings. The molecule has 1 aliphatic heterocycles. The van der Waals surface area contributed by atoms with E-state index < -0.39 is 0 Å². The second-order valence-electron chi connectivity index (χ2n) is 4.08. The number of hydrogen-bond donors (Lipinski definition) is 2. The van der Waals surface area contributed by atoms with Crippen molar-refractivity contribution >= 4 is 6.03 Å². The molecule has 2 N–H and O–H groups in total. The Kier molecular flexibility index (Phi) is 2.46. The minimum atomic E-state index is -0.338. The van der Waals surface area contributed by atoms with Crippen molar-refractivity contribution < 1.29 is 9.90 Å². The first-order valence-corrected chi connectivity index (χ1v) is 5.06. The molecule has 2 amide bonds. The molecule has 1 saturated heterocycles. The van der Waals surface area contributed by atoms with Crippen molar-refractivity contribution in [1.82, 2.24) is 10.2 Å². The standard InChI is InChI=1S/C10H16N2O2/c1-2-7-5-9(7)11-10(14)12-4-3-8(13)6-12/h2,7-9,13H,1,3-6H2,(H,11,14)/t7-,8+,9+/m0/s1. The fourth-order valence-electron chi connectivity index (χ4n) is 1.82. The van der Waals surface area contributed by atoms with Gasteiger partial charge in [-0.25, -0.2) is 4.79 Å². The van der Waals surface area contributed by atoms with E-state index in [1.165, 1.54) is 0 Å². The van der Waals surface area contributed by atoms with Gasteiger partial charge in [-0.1, -0.05) is 6.08 Å². The molecule has 0 spiro atoms. The minimum absolute atomic E-state index is 0.0455. The third kappa shape index (κ3) is 1.90. The van der Waals surface area contributed by atoms with Gasteiger partial charge in [-0.15, -0.1) is 6.58 Å². The van der Waals surface area contributed by atoms with Gasteiger partial charge in [0, 0.05) is 19.1 Å². The van der Waals surface area contributed by atoms with Crippen molar-refractivity contribution in [2.24, 2.45) is 5.92 Å². The van der Waals surface area contributed by atoms with Crippen LogP contribution in [0.2, 0.25) is 0 Å². The average molecular weight is 196 g/mol. The highest BCUT2D eigenvalue weighted by Gasteiger charge is 2.37. The molecule has 3 atom stereocenters. The summed E-state index contributed by atoms with van der Waals surface area (Å²) in [6.07, 6.45) is 3.24. The predicted molar refractivity (Wildman–Crippen MR) is 52.8 cm³/mol. The summed E-state index contributed by atoms with van der Waals surface area (Å²) in [5, 5.41) is 12.2. The number of nitrogens with one attached hydrogen (secondary N) is 1. The number of aliphatic hydroxyl groups excluding tert-OH is 1. The topological polar surface area (TPSA) is 52.6 Å². The Bertz CT molecular complexity index is 255. The SMILES string of the molecule is C=C[C@H]1C[C@H]1NC(=O)N1CC[C@@H](O)C1. The zero-order valence-electron chi connectivity index (χ0n) is 8.15. The molecule has 1 aliphatic carbocycles. The van der Waals surface area contributed by atoms with Crippen LogP contribution < -0.4 is 5.32 Å². The van der Waals surface area contributed by atoms with E-state index in [0.717, 1.165) is 6.42 Å². The Morgan fingerprint density at radius 2 is 2.43 bits per heavy atom. The fraction of sp³-hybridized carbons (Fsp3) is 0.700. The monoisotopic (exact) mass is 196 g/mol. The molecule has 14 heavy (non-hydrogen) atoms. The van der Waals surface area contributed by atoms with Crippen LogP contribution in [0.25, 0.3) is 0 Å². The number of carbonyl (C=O) groups is 1. The summed E-state index contributed by atoms with van der Waals surface area (Å²) in [5.41, 5.74) is 0. The van der Waals surface area contributed by atoms with Gasteiger partial charge in [0.2, 0.25) is 0 Å². The van der Waals surface area contributed by atoms with Crippen molar-refractivity contribution in [2.75, 3.05) is 13.1 Å². The number of rotatable bonds is 2. The number of hydrogen-bond acceptors (Lipinski definition) is 2. The molecule has 2 rings (SSSR count). The van der Waals surface area contributed by atoms with Crippen LogP contribution in [0.15, 0.2) is 12.7 Å². The summed E-state index contributed by atoms with van der Waals surface area (Å²) in [5.74, 6) is 0.450. The van der Waals surface area contributed by atoms with E-state index in [9.17, 15) is 9.90 Å². The highest BCUT2D eigenvalue weighted by Crippen LogP contribution is 2.31. The summed E-state index contributed by atoms with van der Waals surface area (Å²) in [4.78, 5) is 13.2. The largest absolute Gasteiger partial charge is 0.391 e. The van der Waals surface area contributed by atoms with Crippen LogP contribution in [0.4, 0.5) is 4.79 Å². The quantitative estimate of drug-likeness (QED) is 0.626. The summed E-state index contributed by atoms with van der Waals surface area (Å²) < 4.78 is 0. The number of carbonyl (C=O) groups excluding carboxylic acids is 1. The molecular formula is C10H16N2O2. The van der Waals surface area contributed by atoms with Crippen molar-refractivity contribution in [1.29, 1.82) is 0 Å². The Morgan fingerprint density at radius 1 is 1.64 bits per heavy atom. The summed E-state index contributed by atoms with van der Waals surface area (Å²) in [6, 6.07) is 0.230. The lowest BCUT2D eigenvalue weighted by atomic mass is 10.3. The van der Waals surface area contributed by atoms with E-state index in [2.05, 4.69) is 11.9 Å². The van der Waals surface area contributed by atoms with Crippen LogP contribution in [-0.2, 0) is 0 Å². The van der Waals surface area contributed by atoms with Crippen molar-refractivity contribution in [3.63, 3.8) is 0 Å². The van der Waals surface area contributed by atoms with Gasteiger partial charge in [0.05, 0.1) is 6.10 Å². The van der Waals surface area contributed by atoms with Crippen molar-refractivity contribution in [2.45, 2.75) is 25.0 Å². The number of aliphatic hydroxyl groups is 1. The molecule has 4 nitrogen and oxygen atoms in total. The zero-order valence-corrected chi connectivity index (χ0v) is 8.15. The van der Waals surface area contributed by atoms with Crippen LogP contribution in [0.5, 0.6) is 0 Å². The van der Waals surface area contributed by atoms with Crippen LogP contribution in [0.3, 0.4) is 0 Å². The number of urea groups is 1. The number of β-amino-alcohol motifs (C(OH)–C–C–N with tert-alkyl or cyclic N) is 1. The molecule has 78 valence electrons. The maximum Gasteiger partial charge on any atom is 0.317 e. The van der Waals surface area contributed by atoms with Gasteiger partial charge in [-0.05, 0) is 18.8 Å². The van der Waals surface area contributed by atoms with E-state index in [4.69, 9.17) is 0 Å². The van der Waals surface area contributed by atoms with Crippen LogP contribution >= 0.6 is 0 Å². The molecule has 1 heterocycles. The Balaban J connectivity index is 1.76. The van der Waals surface area contributed by atoms with E-state index >= 15 is 0 Å². The minimum Gasteiger partial charge on any atom is -0.391 e. The molecule has 2 fully saturated rings. The molecule has 0 bridgehead atoms. The zero-order chi connectivity index (χ0) is 10.1. The average Bonchev–Trinajstić information content (AvgIpc) is 2.77. The molecule has 0 unspecified atom stereocenters. The van der Waals surface area contributed by atoms with Gasteiger partial charge in [0.15, 0.2) is 0 Å². The Hall–Kier alpha value is -1.03. The number of likely N-dealkylation sites (tertiary alicyclic amines) is 1. The summed E-state index contributed by atoms with van der Waals surface area (Å²) in [6.45, 7) is 4.82. The van der Waals surface area contributed by atoms with E-state index in [1.54, 1.807) is 4.90 Å². The smallest absolute Gasteiger partial charge is 0.317 e. The third-order valence-electron chi connectivity index (χ3n) is 2.90. The van der Waals surface area contributed by atoms with E-state index in [1.807, 2.05) is 6.08 Å². The van der Waals surface area contributed by atoms with E-state index in [0.29, 0.717) is 25.4 Å². The lowest BCUT2D eigenvalue weighted by Gasteiger charge is -2.16. The maximum atomic E-state index is 11.6. The molecule has 4 heteroatoms. The second kappa shape index (κ2) is 3.61. The first-order valence-electron chi connectivity index (χ1n) is 5.06. The third-order valence-corrected chi connectivity index (χ3v) is 2.90. The highest BCUT2D eigenvalue weighted by molar-refractivity contribution is 5.75. The lowest BCUT2D eigenvalue weighted by molar-refractivity contribution is 0.171. The normalized spacial score (nSPS) is 35.5. The van der Waals surface area contributed by atoms with Crippen LogP contribution in [-0.4, -0.2) is 41.3 Å². The number of nitrogens with zero attached hydrogens (tertiary/aromatic N) is 1. The Morgan fingerprint density at radius 3 is 2.93 bits per heavy atom. The summed E-state index contributed by atoms with van der Waals surface area (Å²) in [7, 11) is 0. The Labute approximate surface area is 83.6 Å². The first kappa shape index (κ1) is 9.52. The lowest BCUT2D eigenvalue weighted by Crippen LogP contribution is -2.40. The van der Waals surface area contributed by atoms with Gasteiger partial charge < -0.3 is 15.3 Å².